The third kappa shape index (κ3) is 2.19. The van der Waals surface area contributed by atoms with E-state index in [-0.39, 0.29) is 12.4 Å². The van der Waals surface area contributed by atoms with Crippen LogP contribution in [0.3, 0.4) is 0 Å². The van der Waals surface area contributed by atoms with Gasteiger partial charge in [0.15, 0.2) is 0 Å². The SMILES string of the molecule is Cl.Cn1nc(C2CCNCC2)cc1N. The number of aryl methyl sites for hydroxylation is 1. The van der Waals surface area contributed by atoms with Crippen LogP contribution in [0.4, 0.5) is 5.82 Å². The Labute approximate surface area is 90.3 Å². The summed E-state index contributed by atoms with van der Waals surface area (Å²) in [4.78, 5) is 0. The molecule has 0 aromatic carbocycles. The van der Waals surface area contributed by atoms with E-state index in [0.717, 1.165) is 24.6 Å². The second kappa shape index (κ2) is 4.66. The Kier molecular flexibility index (Phi) is 3.77. The molecule has 0 amide bonds. The van der Waals surface area contributed by atoms with Gasteiger partial charge in [-0.2, -0.15) is 5.10 Å². The van der Waals surface area contributed by atoms with Crippen LogP contribution in [-0.4, -0.2) is 22.9 Å². The molecule has 80 valence electrons. The number of rotatable bonds is 1. The summed E-state index contributed by atoms with van der Waals surface area (Å²) in [6.07, 6.45) is 2.35. The summed E-state index contributed by atoms with van der Waals surface area (Å²) in [7, 11) is 1.89. The molecule has 1 aliphatic rings. The predicted molar refractivity (Wildman–Crippen MR) is 59.7 cm³/mol. The van der Waals surface area contributed by atoms with Crippen molar-refractivity contribution in [1.82, 2.24) is 15.1 Å². The lowest BCUT2D eigenvalue weighted by Crippen LogP contribution is -2.26. The van der Waals surface area contributed by atoms with Crippen molar-refractivity contribution < 1.29 is 0 Å². The monoisotopic (exact) mass is 216 g/mol. The molecule has 0 radical (unpaired) electrons. The van der Waals surface area contributed by atoms with E-state index in [1.807, 2.05) is 13.1 Å². The average Bonchev–Trinajstić information content (AvgIpc) is 2.49. The Bertz CT molecular complexity index is 272. The highest BCUT2D eigenvalue weighted by Crippen LogP contribution is 2.24. The lowest BCUT2D eigenvalue weighted by molar-refractivity contribution is 0.450. The molecule has 0 saturated carbocycles. The van der Waals surface area contributed by atoms with Crippen molar-refractivity contribution in [3.05, 3.63) is 11.8 Å². The topological polar surface area (TPSA) is 55.9 Å². The molecule has 1 aromatic rings. The van der Waals surface area contributed by atoms with Gasteiger partial charge in [0.25, 0.3) is 0 Å². The first-order valence-corrected chi connectivity index (χ1v) is 4.77. The third-order valence-corrected chi connectivity index (χ3v) is 2.69. The van der Waals surface area contributed by atoms with Crippen LogP contribution in [-0.2, 0) is 7.05 Å². The van der Waals surface area contributed by atoms with Gasteiger partial charge in [0.2, 0.25) is 0 Å². The van der Waals surface area contributed by atoms with Crippen molar-refractivity contribution in [3.8, 4) is 0 Å². The summed E-state index contributed by atoms with van der Waals surface area (Å²) in [5.74, 6) is 1.36. The number of halogens is 1. The summed E-state index contributed by atoms with van der Waals surface area (Å²) in [6, 6.07) is 2.00. The summed E-state index contributed by atoms with van der Waals surface area (Å²) < 4.78 is 1.75. The average molecular weight is 217 g/mol. The molecule has 5 heteroatoms. The van der Waals surface area contributed by atoms with Crippen LogP contribution in [0.25, 0.3) is 0 Å². The fraction of sp³-hybridized carbons (Fsp3) is 0.667. The summed E-state index contributed by atoms with van der Waals surface area (Å²) in [5.41, 5.74) is 6.89. The summed E-state index contributed by atoms with van der Waals surface area (Å²) >= 11 is 0. The van der Waals surface area contributed by atoms with Crippen molar-refractivity contribution in [2.24, 2.45) is 7.05 Å². The van der Waals surface area contributed by atoms with Gasteiger partial charge in [-0.1, -0.05) is 0 Å². The Morgan fingerprint density at radius 3 is 2.64 bits per heavy atom. The quantitative estimate of drug-likeness (QED) is 0.733. The number of piperidine rings is 1. The van der Waals surface area contributed by atoms with Crippen LogP contribution >= 0.6 is 12.4 Å². The molecule has 3 N–H and O–H groups in total. The smallest absolute Gasteiger partial charge is 0.121 e. The molecule has 1 aliphatic heterocycles. The van der Waals surface area contributed by atoms with E-state index in [2.05, 4.69) is 10.4 Å². The molecule has 0 bridgehead atoms. The molecule has 0 spiro atoms. The van der Waals surface area contributed by atoms with Crippen LogP contribution in [0.5, 0.6) is 0 Å². The molecular weight excluding hydrogens is 200 g/mol. The maximum Gasteiger partial charge on any atom is 0.121 e. The van der Waals surface area contributed by atoms with Crippen LogP contribution in [0, 0.1) is 0 Å². The van der Waals surface area contributed by atoms with Gasteiger partial charge in [-0.15, -0.1) is 12.4 Å². The van der Waals surface area contributed by atoms with Gasteiger partial charge < -0.3 is 11.1 Å². The van der Waals surface area contributed by atoms with E-state index in [1.54, 1.807) is 4.68 Å². The number of anilines is 1. The van der Waals surface area contributed by atoms with E-state index in [1.165, 1.54) is 12.8 Å². The van der Waals surface area contributed by atoms with Gasteiger partial charge in [0, 0.05) is 19.0 Å². The molecule has 4 nitrogen and oxygen atoms in total. The standard InChI is InChI=1S/C9H16N4.ClH/c1-13-9(10)6-8(12-13)7-2-4-11-5-3-7;/h6-7,11H,2-5,10H2,1H3;1H. The summed E-state index contributed by atoms with van der Waals surface area (Å²) in [6.45, 7) is 2.20. The Hall–Kier alpha value is -0.740. The minimum absolute atomic E-state index is 0. The van der Waals surface area contributed by atoms with Gasteiger partial charge in [0.05, 0.1) is 5.69 Å². The molecule has 0 unspecified atom stereocenters. The molecule has 0 aliphatic carbocycles. The fourth-order valence-corrected chi connectivity index (χ4v) is 1.82. The molecular formula is C9H17ClN4. The van der Waals surface area contributed by atoms with Gasteiger partial charge in [0.1, 0.15) is 5.82 Å². The highest BCUT2D eigenvalue weighted by Gasteiger charge is 2.18. The first kappa shape index (κ1) is 11.3. The lowest BCUT2D eigenvalue weighted by Gasteiger charge is -2.20. The number of nitrogens with two attached hydrogens (primary N) is 1. The summed E-state index contributed by atoms with van der Waals surface area (Å²) in [5, 5.41) is 7.74. The van der Waals surface area contributed by atoms with E-state index in [0.29, 0.717) is 5.92 Å². The van der Waals surface area contributed by atoms with Crippen molar-refractivity contribution in [2.75, 3.05) is 18.8 Å². The van der Waals surface area contributed by atoms with Crippen molar-refractivity contribution >= 4 is 18.2 Å². The number of nitrogens with one attached hydrogen (secondary N) is 1. The van der Waals surface area contributed by atoms with E-state index in [4.69, 9.17) is 5.73 Å². The predicted octanol–water partition coefficient (Wildman–Crippen LogP) is 0.891. The Morgan fingerprint density at radius 1 is 1.50 bits per heavy atom. The number of nitrogens with zero attached hydrogens (tertiary/aromatic N) is 2. The first-order chi connectivity index (χ1) is 6.27. The molecule has 1 fully saturated rings. The highest BCUT2D eigenvalue weighted by atomic mass is 35.5. The molecule has 1 saturated heterocycles. The molecule has 1 aromatic heterocycles. The second-order valence-electron chi connectivity index (χ2n) is 3.64. The van der Waals surface area contributed by atoms with Crippen LogP contribution < -0.4 is 11.1 Å². The Morgan fingerprint density at radius 2 is 2.14 bits per heavy atom. The molecule has 0 atom stereocenters. The fourth-order valence-electron chi connectivity index (χ4n) is 1.82. The normalized spacial score (nSPS) is 17.8. The highest BCUT2D eigenvalue weighted by molar-refractivity contribution is 5.85. The Balaban J connectivity index is 0.000000980. The largest absolute Gasteiger partial charge is 0.384 e. The number of hydrogen-bond acceptors (Lipinski definition) is 3. The maximum absolute atomic E-state index is 5.73. The number of hydrogen-bond donors (Lipinski definition) is 2. The molecule has 2 rings (SSSR count). The maximum atomic E-state index is 5.73. The second-order valence-corrected chi connectivity index (χ2v) is 3.64. The van der Waals surface area contributed by atoms with Crippen LogP contribution in [0.2, 0.25) is 0 Å². The first-order valence-electron chi connectivity index (χ1n) is 4.77. The molecule has 14 heavy (non-hydrogen) atoms. The lowest BCUT2D eigenvalue weighted by atomic mass is 9.95. The third-order valence-electron chi connectivity index (χ3n) is 2.69. The van der Waals surface area contributed by atoms with Gasteiger partial charge in [-0.05, 0) is 25.9 Å². The zero-order valence-electron chi connectivity index (χ0n) is 8.36. The van der Waals surface area contributed by atoms with Gasteiger partial charge in [-0.3, -0.25) is 4.68 Å². The van der Waals surface area contributed by atoms with Gasteiger partial charge in [-0.25, -0.2) is 0 Å². The van der Waals surface area contributed by atoms with E-state index >= 15 is 0 Å². The van der Waals surface area contributed by atoms with Crippen molar-refractivity contribution in [3.63, 3.8) is 0 Å². The number of nitrogen functional groups attached to an aromatic ring is 1. The minimum Gasteiger partial charge on any atom is -0.384 e. The van der Waals surface area contributed by atoms with E-state index in [9.17, 15) is 0 Å². The zero-order valence-corrected chi connectivity index (χ0v) is 9.18. The minimum atomic E-state index is 0. The van der Waals surface area contributed by atoms with Crippen molar-refractivity contribution in [1.29, 1.82) is 0 Å². The van der Waals surface area contributed by atoms with Gasteiger partial charge >= 0.3 is 0 Å². The number of aromatic nitrogens is 2. The zero-order chi connectivity index (χ0) is 9.26. The van der Waals surface area contributed by atoms with Crippen LogP contribution in [0.1, 0.15) is 24.5 Å². The van der Waals surface area contributed by atoms with E-state index < -0.39 is 0 Å². The molecule has 2 heterocycles. The van der Waals surface area contributed by atoms with Crippen molar-refractivity contribution in [2.45, 2.75) is 18.8 Å². The van der Waals surface area contributed by atoms with Crippen LogP contribution in [0.15, 0.2) is 6.07 Å².